The Hall–Kier alpha value is -1.19. The maximum atomic E-state index is 10.4. The monoisotopic (exact) mass is 151 g/mol. The topological polar surface area (TPSA) is 47.8 Å². The smallest absolute Gasteiger partial charge is 0.172 e. The van der Waals surface area contributed by atoms with Crippen molar-refractivity contribution in [1.29, 1.82) is 0 Å². The van der Waals surface area contributed by atoms with E-state index >= 15 is 0 Å². The van der Waals surface area contributed by atoms with Crippen LogP contribution in [-0.2, 0) is 0 Å². The minimum absolute atomic E-state index is 0.469. The molecule has 0 spiro atoms. The van der Waals surface area contributed by atoms with E-state index < -0.39 is 0 Å². The first-order valence-corrected chi connectivity index (χ1v) is 3.70. The first-order valence-electron chi connectivity index (χ1n) is 3.70. The van der Waals surface area contributed by atoms with E-state index in [0.717, 1.165) is 12.0 Å². The maximum Gasteiger partial charge on any atom is 0.172 e. The van der Waals surface area contributed by atoms with Crippen molar-refractivity contribution in [2.45, 2.75) is 25.8 Å². The average Bonchev–Trinajstić information content (AvgIpc) is 2.77. The van der Waals surface area contributed by atoms with Gasteiger partial charge in [-0.1, -0.05) is 5.21 Å². The van der Waals surface area contributed by atoms with Crippen molar-refractivity contribution in [3.63, 3.8) is 0 Å². The molecule has 1 saturated carbocycles. The van der Waals surface area contributed by atoms with E-state index in [4.69, 9.17) is 0 Å². The summed E-state index contributed by atoms with van der Waals surface area (Å²) in [5, 5.41) is 7.62. The zero-order valence-electron chi connectivity index (χ0n) is 6.32. The van der Waals surface area contributed by atoms with Crippen molar-refractivity contribution in [3.8, 4) is 0 Å². The Labute approximate surface area is 64.2 Å². The van der Waals surface area contributed by atoms with Gasteiger partial charge in [-0.3, -0.25) is 4.79 Å². The van der Waals surface area contributed by atoms with Crippen LogP contribution in [0.3, 0.4) is 0 Å². The third-order valence-electron chi connectivity index (χ3n) is 1.97. The maximum absolute atomic E-state index is 10.4. The lowest BCUT2D eigenvalue weighted by molar-refractivity contribution is 0.111. The van der Waals surface area contributed by atoms with Gasteiger partial charge in [-0.05, 0) is 19.8 Å². The number of carbonyl (C=O) groups is 1. The third kappa shape index (κ3) is 0.943. The van der Waals surface area contributed by atoms with Gasteiger partial charge in [-0.15, -0.1) is 5.10 Å². The highest BCUT2D eigenvalue weighted by Gasteiger charge is 2.26. The SMILES string of the molecule is Cc1c(C=O)nnn1C1CC1. The van der Waals surface area contributed by atoms with Crippen LogP contribution in [0.2, 0.25) is 0 Å². The van der Waals surface area contributed by atoms with Gasteiger partial charge in [0.2, 0.25) is 0 Å². The van der Waals surface area contributed by atoms with E-state index in [-0.39, 0.29) is 0 Å². The summed E-state index contributed by atoms with van der Waals surface area (Å²) in [4.78, 5) is 10.4. The molecule has 0 N–H and O–H groups in total. The Kier molecular flexibility index (Phi) is 1.27. The van der Waals surface area contributed by atoms with E-state index in [1.165, 1.54) is 12.8 Å². The van der Waals surface area contributed by atoms with E-state index in [1.807, 2.05) is 11.6 Å². The van der Waals surface area contributed by atoms with Gasteiger partial charge in [0.05, 0.1) is 11.7 Å². The number of aldehydes is 1. The molecule has 4 nitrogen and oxygen atoms in total. The Bertz CT molecular complexity index is 288. The predicted molar refractivity (Wildman–Crippen MR) is 38.4 cm³/mol. The van der Waals surface area contributed by atoms with Crippen LogP contribution in [0.15, 0.2) is 0 Å². The summed E-state index contributed by atoms with van der Waals surface area (Å²) in [7, 11) is 0. The van der Waals surface area contributed by atoms with Gasteiger partial charge in [0.15, 0.2) is 6.29 Å². The number of aromatic nitrogens is 3. The predicted octanol–water partition coefficient (Wildman–Crippen LogP) is 0.734. The fraction of sp³-hybridized carbons (Fsp3) is 0.571. The largest absolute Gasteiger partial charge is 0.296 e. The minimum Gasteiger partial charge on any atom is -0.296 e. The molecule has 0 unspecified atom stereocenters. The van der Waals surface area contributed by atoms with Crippen molar-refractivity contribution in [3.05, 3.63) is 11.4 Å². The molecule has 58 valence electrons. The van der Waals surface area contributed by atoms with E-state index in [2.05, 4.69) is 10.3 Å². The Morgan fingerprint density at radius 2 is 2.36 bits per heavy atom. The Balaban J connectivity index is 2.40. The fourth-order valence-electron chi connectivity index (χ4n) is 1.13. The summed E-state index contributed by atoms with van der Waals surface area (Å²) in [5.41, 5.74) is 1.36. The molecule has 4 heteroatoms. The summed E-state index contributed by atoms with van der Waals surface area (Å²) in [6, 6.07) is 0.510. The van der Waals surface area contributed by atoms with E-state index in [1.54, 1.807) is 0 Å². The molecule has 0 amide bonds. The van der Waals surface area contributed by atoms with E-state index in [0.29, 0.717) is 11.7 Å². The number of hydrogen-bond donors (Lipinski definition) is 0. The van der Waals surface area contributed by atoms with Crippen LogP contribution in [0.4, 0.5) is 0 Å². The molecule has 0 atom stereocenters. The molecule has 1 aromatic rings. The Morgan fingerprint density at radius 3 is 2.82 bits per heavy atom. The molecule has 1 aromatic heterocycles. The van der Waals surface area contributed by atoms with Crippen molar-refractivity contribution < 1.29 is 4.79 Å². The van der Waals surface area contributed by atoms with Crippen LogP contribution < -0.4 is 0 Å². The lowest BCUT2D eigenvalue weighted by Gasteiger charge is -1.96. The van der Waals surface area contributed by atoms with Crippen LogP contribution in [0.1, 0.15) is 35.1 Å². The molecule has 1 aliphatic rings. The first-order chi connectivity index (χ1) is 5.33. The highest BCUT2D eigenvalue weighted by molar-refractivity contribution is 5.72. The van der Waals surface area contributed by atoms with Gasteiger partial charge in [0.25, 0.3) is 0 Å². The van der Waals surface area contributed by atoms with Gasteiger partial charge >= 0.3 is 0 Å². The van der Waals surface area contributed by atoms with Crippen LogP contribution in [-0.4, -0.2) is 21.3 Å². The minimum atomic E-state index is 0.469. The second-order valence-electron chi connectivity index (χ2n) is 2.85. The van der Waals surface area contributed by atoms with Gasteiger partial charge < -0.3 is 0 Å². The van der Waals surface area contributed by atoms with Crippen LogP contribution >= 0.6 is 0 Å². The van der Waals surface area contributed by atoms with Crippen LogP contribution in [0.5, 0.6) is 0 Å². The molecule has 1 heterocycles. The summed E-state index contributed by atoms with van der Waals surface area (Å²) in [6.45, 7) is 1.88. The molecular formula is C7H9N3O. The van der Waals surface area contributed by atoms with Gasteiger partial charge in [0, 0.05) is 0 Å². The zero-order chi connectivity index (χ0) is 7.84. The van der Waals surface area contributed by atoms with Crippen LogP contribution in [0, 0.1) is 6.92 Å². The number of hydrogen-bond acceptors (Lipinski definition) is 3. The normalized spacial score (nSPS) is 16.8. The molecule has 1 aliphatic carbocycles. The quantitative estimate of drug-likeness (QED) is 0.585. The number of rotatable bonds is 2. The zero-order valence-corrected chi connectivity index (χ0v) is 6.32. The average molecular weight is 151 g/mol. The molecule has 1 fully saturated rings. The molecule has 11 heavy (non-hydrogen) atoms. The van der Waals surface area contributed by atoms with Gasteiger partial charge in [-0.25, -0.2) is 4.68 Å². The van der Waals surface area contributed by atoms with E-state index in [9.17, 15) is 4.79 Å². The first kappa shape index (κ1) is 6.52. The number of nitrogens with zero attached hydrogens (tertiary/aromatic N) is 3. The summed E-state index contributed by atoms with van der Waals surface area (Å²) >= 11 is 0. The van der Waals surface area contributed by atoms with Gasteiger partial charge in [-0.2, -0.15) is 0 Å². The second kappa shape index (κ2) is 2.15. The lowest BCUT2D eigenvalue weighted by atomic mass is 10.4. The fourth-order valence-corrected chi connectivity index (χ4v) is 1.13. The summed E-state index contributed by atoms with van der Waals surface area (Å²) < 4.78 is 1.84. The molecule has 0 aromatic carbocycles. The summed E-state index contributed by atoms with van der Waals surface area (Å²) in [6.07, 6.45) is 3.09. The van der Waals surface area contributed by atoms with Crippen molar-refractivity contribution >= 4 is 6.29 Å². The second-order valence-corrected chi connectivity index (χ2v) is 2.85. The highest BCUT2D eigenvalue weighted by atomic mass is 16.1. The molecule has 2 rings (SSSR count). The number of carbonyl (C=O) groups excluding carboxylic acids is 1. The third-order valence-corrected chi connectivity index (χ3v) is 1.97. The molecular weight excluding hydrogens is 142 g/mol. The standard InChI is InChI=1S/C7H9N3O/c1-5-7(4-11)8-9-10(5)6-2-3-6/h4,6H,2-3H2,1H3. The van der Waals surface area contributed by atoms with Crippen LogP contribution in [0.25, 0.3) is 0 Å². The van der Waals surface area contributed by atoms with Gasteiger partial charge in [0.1, 0.15) is 5.69 Å². The summed E-state index contributed by atoms with van der Waals surface area (Å²) in [5.74, 6) is 0. The molecule has 0 bridgehead atoms. The van der Waals surface area contributed by atoms with Crippen molar-refractivity contribution in [2.24, 2.45) is 0 Å². The molecule has 0 saturated heterocycles. The lowest BCUT2D eigenvalue weighted by Crippen LogP contribution is -1.98. The highest BCUT2D eigenvalue weighted by Crippen LogP contribution is 2.34. The molecule has 0 radical (unpaired) electrons. The van der Waals surface area contributed by atoms with Crippen molar-refractivity contribution in [2.75, 3.05) is 0 Å². The van der Waals surface area contributed by atoms with Crippen molar-refractivity contribution in [1.82, 2.24) is 15.0 Å². The molecule has 0 aliphatic heterocycles. The Morgan fingerprint density at radius 1 is 1.64 bits per heavy atom.